The van der Waals surface area contributed by atoms with Gasteiger partial charge in [-0.05, 0) is 54.4 Å². The maximum atomic E-state index is 13.5. The molecule has 5 nitrogen and oxygen atoms in total. The monoisotopic (exact) mass is 487 g/mol. The topological polar surface area (TPSA) is 55.2 Å². The third kappa shape index (κ3) is 3.45. The summed E-state index contributed by atoms with van der Waals surface area (Å²) in [5, 5.41) is 0.564. The molecule has 4 aromatic rings. The van der Waals surface area contributed by atoms with Crippen molar-refractivity contribution >= 4 is 38.4 Å². The molecule has 1 aromatic heterocycles. The second kappa shape index (κ2) is 8.36. The molecule has 160 valence electrons. The van der Waals surface area contributed by atoms with E-state index in [1.165, 1.54) is 0 Å². The van der Waals surface area contributed by atoms with Crippen LogP contribution in [0.1, 0.15) is 30.7 Å². The van der Waals surface area contributed by atoms with Gasteiger partial charge >= 0.3 is 0 Å². The maximum Gasteiger partial charge on any atom is 0.265 e. The van der Waals surface area contributed by atoms with E-state index in [-0.39, 0.29) is 11.5 Å². The average Bonchev–Trinajstić information content (AvgIpc) is 3.05. The van der Waals surface area contributed by atoms with Gasteiger partial charge in [-0.1, -0.05) is 53.2 Å². The van der Waals surface area contributed by atoms with Gasteiger partial charge in [0.2, 0.25) is 5.91 Å². The Kier molecular flexibility index (Phi) is 5.39. The van der Waals surface area contributed by atoms with Crippen molar-refractivity contribution < 1.29 is 4.79 Å². The highest BCUT2D eigenvalue weighted by Crippen LogP contribution is 2.40. The molecule has 0 spiro atoms. The SMILES string of the molecule is CCCN1C(=O)[C@@H](Cc2nc3ccccc3c(=O)n2-c2ccccc2)c2cc(Br)ccc21. The normalized spacial score (nSPS) is 15.4. The van der Waals surface area contributed by atoms with Gasteiger partial charge in [0.1, 0.15) is 5.82 Å². The van der Waals surface area contributed by atoms with Gasteiger partial charge in [-0.15, -0.1) is 0 Å². The van der Waals surface area contributed by atoms with E-state index in [1.807, 2.05) is 71.6 Å². The van der Waals surface area contributed by atoms with Crippen LogP contribution in [0.3, 0.4) is 0 Å². The number of amides is 1. The molecule has 0 N–H and O–H groups in total. The Bertz CT molecular complexity index is 1380. The highest BCUT2D eigenvalue weighted by Gasteiger charge is 2.38. The third-order valence-electron chi connectivity index (χ3n) is 5.91. The van der Waals surface area contributed by atoms with Gasteiger partial charge in [-0.25, -0.2) is 4.98 Å². The Balaban J connectivity index is 1.69. The molecule has 0 radical (unpaired) electrons. The molecular formula is C26H22BrN3O2. The summed E-state index contributed by atoms with van der Waals surface area (Å²) in [5.41, 5.74) is 3.18. The number of nitrogens with zero attached hydrogens (tertiary/aromatic N) is 3. The highest BCUT2D eigenvalue weighted by molar-refractivity contribution is 9.10. The van der Waals surface area contributed by atoms with Gasteiger partial charge < -0.3 is 4.90 Å². The minimum atomic E-state index is -0.392. The van der Waals surface area contributed by atoms with Gasteiger partial charge in [-0.3, -0.25) is 14.2 Å². The predicted octanol–water partition coefficient (Wildman–Crippen LogP) is 5.23. The summed E-state index contributed by atoms with van der Waals surface area (Å²) in [6.45, 7) is 2.73. The largest absolute Gasteiger partial charge is 0.312 e. The predicted molar refractivity (Wildman–Crippen MR) is 131 cm³/mol. The summed E-state index contributed by atoms with van der Waals surface area (Å²) in [7, 11) is 0. The molecule has 1 amide bonds. The molecular weight excluding hydrogens is 466 g/mol. The molecule has 32 heavy (non-hydrogen) atoms. The lowest BCUT2D eigenvalue weighted by Gasteiger charge is -2.18. The Labute approximate surface area is 194 Å². The van der Waals surface area contributed by atoms with Crippen LogP contribution in [0.2, 0.25) is 0 Å². The zero-order valence-electron chi connectivity index (χ0n) is 17.7. The van der Waals surface area contributed by atoms with E-state index in [1.54, 1.807) is 10.6 Å². The number of para-hydroxylation sites is 2. The summed E-state index contributed by atoms with van der Waals surface area (Å²) in [6.07, 6.45) is 1.22. The molecule has 5 rings (SSSR count). The third-order valence-corrected chi connectivity index (χ3v) is 6.41. The molecule has 0 fully saturated rings. The molecule has 0 unspecified atom stereocenters. The first-order valence-electron chi connectivity index (χ1n) is 10.8. The standard InChI is InChI=1S/C26H22BrN3O2/c1-2-14-29-23-13-12-17(27)15-20(23)21(25(29)31)16-24-28-22-11-7-6-10-19(22)26(32)30(24)18-8-4-3-5-9-18/h3-13,15,21H,2,14,16H2,1H3/t21-/m0/s1. The second-order valence-corrected chi connectivity index (χ2v) is 8.89. The van der Waals surface area contributed by atoms with Crippen LogP contribution in [-0.2, 0) is 11.2 Å². The van der Waals surface area contributed by atoms with Crippen LogP contribution in [-0.4, -0.2) is 22.0 Å². The number of carbonyl (C=O) groups excluding carboxylic acids is 1. The van der Waals surface area contributed by atoms with Gasteiger partial charge in [0, 0.05) is 23.1 Å². The van der Waals surface area contributed by atoms with Crippen LogP contribution in [0.4, 0.5) is 5.69 Å². The first kappa shape index (κ1) is 20.6. The zero-order valence-corrected chi connectivity index (χ0v) is 19.2. The van der Waals surface area contributed by atoms with Gasteiger partial charge in [-0.2, -0.15) is 0 Å². The van der Waals surface area contributed by atoms with E-state index in [0.29, 0.717) is 29.7 Å². The lowest BCUT2D eigenvalue weighted by Crippen LogP contribution is -2.31. The van der Waals surface area contributed by atoms with Crippen LogP contribution >= 0.6 is 15.9 Å². The Morgan fingerprint density at radius 3 is 2.50 bits per heavy atom. The van der Waals surface area contributed by atoms with E-state index in [9.17, 15) is 9.59 Å². The zero-order chi connectivity index (χ0) is 22.2. The number of halogens is 1. The van der Waals surface area contributed by atoms with Crippen LogP contribution in [0, 0.1) is 0 Å². The summed E-state index contributed by atoms with van der Waals surface area (Å²) in [5.74, 6) is 0.251. The van der Waals surface area contributed by atoms with Crippen molar-refractivity contribution in [3.63, 3.8) is 0 Å². The molecule has 0 saturated heterocycles. The van der Waals surface area contributed by atoms with Crippen molar-refractivity contribution in [1.29, 1.82) is 0 Å². The summed E-state index contributed by atoms with van der Waals surface area (Å²) >= 11 is 3.55. The Morgan fingerprint density at radius 2 is 1.72 bits per heavy atom. The molecule has 3 aromatic carbocycles. The number of fused-ring (bicyclic) bond motifs is 2. The number of carbonyl (C=O) groups is 1. The van der Waals surface area contributed by atoms with Gasteiger partial charge in [0.25, 0.3) is 5.56 Å². The fourth-order valence-electron chi connectivity index (χ4n) is 4.48. The lowest BCUT2D eigenvalue weighted by molar-refractivity contribution is -0.119. The van der Waals surface area contributed by atoms with Gasteiger partial charge in [0.15, 0.2) is 0 Å². The second-order valence-electron chi connectivity index (χ2n) is 7.97. The molecule has 0 bridgehead atoms. The van der Waals surface area contributed by atoms with Crippen molar-refractivity contribution in [3.8, 4) is 5.69 Å². The van der Waals surface area contributed by atoms with E-state index in [4.69, 9.17) is 4.98 Å². The highest BCUT2D eigenvalue weighted by atomic mass is 79.9. The van der Waals surface area contributed by atoms with E-state index < -0.39 is 5.92 Å². The van der Waals surface area contributed by atoms with Crippen LogP contribution in [0.5, 0.6) is 0 Å². The number of hydrogen-bond acceptors (Lipinski definition) is 3. The smallest absolute Gasteiger partial charge is 0.265 e. The summed E-state index contributed by atoms with van der Waals surface area (Å²) in [4.78, 5) is 33.7. The quantitative estimate of drug-likeness (QED) is 0.387. The minimum Gasteiger partial charge on any atom is -0.312 e. The molecule has 0 aliphatic carbocycles. The Morgan fingerprint density at radius 1 is 0.969 bits per heavy atom. The van der Waals surface area contributed by atoms with Gasteiger partial charge in [0.05, 0.1) is 22.5 Å². The molecule has 1 atom stereocenters. The number of hydrogen-bond donors (Lipinski definition) is 0. The molecule has 1 aliphatic heterocycles. The number of rotatable bonds is 5. The van der Waals surface area contributed by atoms with Crippen LogP contribution in [0.15, 0.2) is 82.1 Å². The van der Waals surface area contributed by atoms with Crippen LogP contribution in [0.25, 0.3) is 16.6 Å². The van der Waals surface area contributed by atoms with Crippen molar-refractivity contribution in [2.24, 2.45) is 0 Å². The van der Waals surface area contributed by atoms with Crippen molar-refractivity contribution in [2.75, 3.05) is 11.4 Å². The van der Waals surface area contributed by atoms with Crippen LogP contribution < -0.4 is 10.5 Å². The van der Waals surface area contributed by atoms with Crippen molar-refractivity contribution in [2.45, 2.75) is 25.7 Å². The minimum absolute atomic E-state index is 0.0574. The molecule has 0 saturated carbocycles. The molecule has 6 heteroatoms. The first-order valence-corrected chi connectivity index (χ1v) is 11.5. The van der Waals surface area contributed by atoms with E-state index in [2.05, 4.69) is 22.9 Å². The Hall–Kier alpha value is -3.25. The first-order chi connectivity index (χ1) is 15.6. The number of anilines is 1. The fraction of sp³-hybridized carbons (Fsp3) is 0.192. The fourth-order valence-corrected chi connectivity index (χ4v) is 4.86. The van der Waals surface area contributed by atoms with E-state index in [0.717, 1.165) is 27.8 Å². The number of aromatic nitrogens is 2. The lowest BCUT2D eigenvalue weighted by atomic mass is 9.96. The van der Waals surface area contributed by atoms with Crippen molar-refractivity contribution in [1.82, 2.24) is 9.55 Å². The van der Waals surface area contributed by atoms with E-state index >= 15 is 0 Å². The number of benzene rings is 3. The summed E-state index contributed by atoms with van der Waals surface area (Å²) in [6, 6.07) is 22.8. The van der Waals surface area contributed by atoms with Crippen molar-refractivity contribution in [3.05, 3.63) is 99.0 Å². The maximum absolute atomic E-state index is 13.5. The molecule has 1 aliphatic rings. The average molecular weight is 488 g/mol. The summed E-state index contributed by atoms with van der Waals surface area (Å²) < 4.78 is 2.58. The molecule has 2 heterocycles.